The summed E-state index contributed by atoms with van der Waals surface area (Å²) >= 11 is 0. The van der Waals surface area contributed by atoms with Gasteiger partial charge >= 0.3 is 0 Å². The van der Waals surface area contributed by atoms with Gasteiger partial charge in [-0.05, 0) is 25.0 Å². The average Bonchev–Trinajstić information content (AvgIpc) is 2.38. The maximum absolute atomic E-state index is 13.1. The third-order valence-electron chi connectivity index (χ3n) is 3.34. The Hall–Kier alpha value is -1.53. The summed E-state index contributed by atoms with van der Waals surface area (Å²) in [6, 6.07) is 2.73. The van der Waals surface area contributed by atoms with Gasteiger partial charge in [-0.15, -0.1) is 0 Å². The molecule has 1 aliphatic heterocycles. The van der Waals surface area contributed by atoms with Crippen molar-refractivity contribution < 1.29 is 18.3 Å². The quantitative estimate of drug-likeness (QED) is 0.867. The summed E-state index contributed by atoms with van der Waals surface area (Å²) in [7, 11) is 0. The first-order valence-corrected chi connectivity index (χ1v) is 6.11. The first-order chi connectivity index (χ1) is 9.04. The summed E-state index contributed by atoms with van der Waals surface area (Å²) in [5, 5.41) is 2.78. The van der Waals surface area contributed by atoms with Crippen LogP contribution in [0.3, 0.4) is 0 Å². The van der Waals surface area contributed by atoms with Crippen LogP contribution in [0.5, 0.6) is 0 Å². The summed E-state index contributed by atoms with van der Waals surface area (Å²) in [4.78, 5) is 12.0. The lowest BCUT2D eigenvalue weighted by molar-refractivity contribution is 0.0388. The SMILES string of the molecule is NCC1(NC(=O)c2cc(F)cc(F)c2)CCOCC1. The molecule has 1 fully saturated rings. The Bertz CT molecular complexity index is 453. The molecule has 0 bridgehead atoms. The molecule has 1 aromatic carbocycles. The van der Waals surface area contributed by atoms with Crippen LogP contribution < -0.4 is 11.1 Å². The van der Waals surface area contributed by atoms with Gasteiger partial charge in [-0.3, -0.25) is 4.79 Å². The number of ether oxygens (including phenoxy) is 1. The van der Waals surface area contributed by atoms with Gasteiger partial charge in [0.15, 0.2) is 0 Å². The van der Waals surface area contributed by atoms with Gasteiger partial charge in [-0.1, -0.05) is 0 Å². The normalized spacial score (nSPS) is 18.1. The van der Waals surface area contributed by atoms with Gasteiger partial charge < -0.3 is 15.8 Å². The molecule has 0 spiro atoms. The number of carbonyl (C=O) groups is 1. The Morgan fingerprint density at radius 2 is 1.84 bits per heavy atom. The summed E-state index contributed by atoms with van der Waals surface area (Å²) in [5.74, 6) is -2.08. The maximum Gasteiger partial charge on any atom is 0.251 e. The zero-order valence-electron chi connectivity index (χ0n) is 10.4. The van der Waals surface area contributed by atoms with Crippen LogP contribution in [-0.4, -0.2) is 31.2 Å². The Kier molecular flexibility index (Phi) is 4.11. The lowest BCUT2D eigenvalue weighted by Gasteiger charge is -2.36. The van der Waals surface area contributed by atoms with E-state index in [0.29, 0.717) is 26.1 Å². The van der Waals surface area contributed by atoms with Crippen LogP contribution in [0, 0.1) is 11.6 Å². The number of nitrogens with one attached hydrogen (secondary N) is 1. The van der Waals surface area contributed by atoms with E-state index in [1.54, 1.807) is 0 Å². The van der Waals surface area contributed by atoms with Gasteiger partial charge in [0.2, 0.25) is 0 Å². The summed E-state index contributed by atoms with van der Waals surface area (Å²) in [5.41, 5.74) is 5.10. The zero-order chi connectivity index (χ0) is 13.9. The van der Waals surface area contributed by atoms with Crippen LogP contribution in [0.15, 0.2) is 18.2 Å². The monoisotopic (exact) mass is 270 g/mol. The number of hydrogen-bond donors (Lipinski definition) is 2. The largest absolute Gasteiger partial charge is 0.381 e. The van der Waals surface area contributed by atoms with E-state index < -0.39 is 23.1 Å². The molecule has 0 unspecified atom stereocenters. The molecule has 1 heterocycles. The number of rotatable bonds is 3. The Morgan fingerprint density at radius 3 is 2.37 bits per heavy atom. The lowest BCUT2D eigenvalue weighted by atomic mass is 9.89. The van der Waals surface area contributed by atoms with E-state index >= 15 is 0 Å². The molecule has 4 nitrogen and oxygen atoms in total. The topological polar surface area (TPSA) is 64.3 Å². The minimum Gasteiger partial charge on any atom is -0.381 e. The van der Waals surface area contributed by atoms with E-state index in [0.717, 1.165) is 18.2 Å². The van der Waals surface area contributed by atoms with E-state index in [1.807, 2.05) is 0 Å². The van der Waals surface area contributed by atoms with Crippen molar-refractivity contribution in [3.05, 3.63) is 35.4 Å². The first kappa shape index (κ1) is 13.9. The van der Waals surface area contributed by atoms with Crippen LogP contribution in [-0.2, 0) is 4.74 Å². The highest BCUT2D eigenvalue weighted by Gasteiger charge is 2.33. The van der Waals surface area contributed by atoms with Crippen molar-refractivity contribution in [2.24, 2.45) is 5.73 Å². The molecule has 0 aliphatic carbocycles. The van der Waals surface area contributed by atoms with Gasteiger partial charge in [0.05, 0.1) is 5.54 Å². The van der Waals surface area contributed by atoms with Gasteiger partial charge in [0, 0.05) is 31.4 Å². The van der Waals surface area contributed by atoms with E-state index in [-0.39, 0.29) is 12.1 Å². The van der Waals surface area contributed by atoms with Crippen LogP contribution in [0.2, 0.25) is 0 Å². The second-order valence-electron chi connectivity index (χ2n) is 4.71. The fourth-order valence-electron chi connectivity index (χ4n) is 2.14. The van der Waals surface area contributed by atoms with E-state index in [1.165, 1.54) is 0 Å². The Labute approximate surface area is 109 Å². The van der Waals surface area contributed by atoms with Gasteiger partial charge in [0.1, 0.15) is 11.6 Å². The second kappa shape index (κ2) is 5.63. The number of carbonyl (C=O) groups excluding carboxylic acids is 1. The van der Waals surface area contributed by atoms with Crippen LogP contribution >= 0.6 is 0 Å². The smallest absolute Gasteiger partial charge is 0.251 e. The number of amides is 1. The molecular formula is C13H16F2N2O2. The van der Waals surface area contributed by atoms with Crippen molar-refractivity contribution in [1.29, 1.82) is 0 Å². The van der Waals surface area contributed by atoms with E-state index in [4.69, 9.17) is 10.5 Å². The van der Waals surface area contributed by atoms with Crippen LogP contribution in [0.25, 0.3) is 0 Å². The van der Waals surface area contributed by atoms with Crippen LogP contribution in [0.1, 0.15) is 23.2 Å². The van der Waals surface area contributed by atoms with Crippen LogP contribution in [0.4, 0.5) is 8.78 Å². The molecule has 1 aliphatic rings. The molecule has 1 amide bonds. The second-order valence-corrected chi connectivity index (χ2v) is 4.71. The third kappa shape index (κ3) is 3.27. The van der Waals surface area contributed by atoms with Gasteiger partial charge in [0.25, 0.3) is 5.91 Å². The fourth-order valence-corrected chi connectivity index (χ4v) is 2.14. The maximum atomic E-state index is 13.1. The number of nitrogens with two attached hydrogens (primary N) is 1. The first-order valence-electron chi connectivity index (χ1n) is 6.11. The number of halogens is 2. The highest BCUT2D eigenvalue weighted by atomic mass is 19.1. The van der Waals surface area contributed by atoms with Crippen molar-refractivity contribution in [1.82, 2.24) is 5.32 Å². The molecule has 2 rings (SSSR count). The van der Waals surface area contributed by atoms with Crippen molar-refractivity contribution in [2.45, 2.75) is 18.4 Å². The fraction of sp³-hybridized carbons (Fsp3) is 0.462. The molecule has 3 N–H and O–H groups in total. The van der Waals surface area contributed by atoms with Crippen molar-refractivity contribution >= 4 is 5.91 Å². The molecule has 1 aromatic rings. The van der Waals surface area contributed by atoms with Crippen molar-refractivity contribution in [3.63, 3.8) is 0 Å². The summed E-state index contributed by atoms with van der Waals surface area (Å²) in [6.45, 7) is 1.28. The molecule has 104 valence electrons. The average molecular weight is 270 g/mol. The minimum absolute atomic E-state index is 0.0446. The van der Waals surface area contributed by atoms with Gasteiger partial charge in [-0.25, -0.2) is 8.78 Å². The lowest BCUT2D eigenvalue weighted by Crippen LogP contribution is -2.56. The number of benzene rings is 1. The third-order valence-corrected chi connectivity index (χ3v) is 3.34. The van der Waals surface area contributed by atoms with E-state index in [2.05, 4.69) is 5.32 Å². The molecule has 19 heavy (non-hydrogen) atoms. The summed E-state index contributed by atoms with van der Waals surface area (Å²) < 4.78 is 31.4. The highest BCUT2D eigenvalue weighted by molar-refractivity contribution is 5.94. The summed E-state index contributed by atoms with van der Waals surface area (Å²) in [6.07, 6.45) is 1.18. The zero-order valence-corrected chi connectivity index (χ0v) is 10.4. The molecule has 0 aromatic heterocycles. The molecule has 0 atom stereocenters. The molecule has 0 radical (unpaired) electrons. The van der Waals surface area contributed by atoms with Gasteiger partial charge in [-0.2, -0.15) is 0 Å². The highest BCUT2D eigenvalue weighted by Crippen LogP contribution is 2.20. The molecular weight excluding hydrogens is 254 g/mol. The Morgan fingerprint density at radius 1 is 1.26 bits per heavy atom. The minimum atomic E-state index is -0.779. The molecule has 6 heteroatoms. The standard InChI is InChI=1S/C13H16F2N2O2/c14-10-5-9(6-11(15)7-10)12(18)17-13(8-16)1-3-19-4-2-13/h5-7H,1-4,8,16H2,(H,17,18). The van der Waals surface area contributed by atoms with Crippen molar-refractivity contribution in [3.8, 4) is 0 Å². The Balaban J connectivity index is 2.15. The van der Waals surface area contributed by atoms with E-state index in [9.17, 15) is 13.6 Å². The predicted octanol–water partition coefficient (Wildman–Crippen LogP) is 1.20. The number of hydrogen-bond acceptors (Lipinski definition) is 3. The molecule has 0 saturated carbocycles. The molecule has 1 saturated heterocycles. The predicted molar refractivity (Wildman–Crippen MR) is 65.7 cm³/mol. The van der Waals surface area contributed by atoms with Crippen molar-refractivity contribution in [2.75, 3.05) is 19.8 Å².